The number of hydrogen-bond acceptors (Lipinski definition) is 6. The highest BCUT2D eigenvalue weighted by Gasteiger charge is 2.35. The van der Waals surface area contributed by atoms with E-state index in [0.717, 1.165) is 47.1 Å². The maximum Gasteiger partial charge on any atom is 0.434 e. The minimum absolute atomic E-state index is 0.0315. The Morgan fingerprint density at radius 3 is 2.76 bits per heavy atom. The van der Waals surface area contributed by atoms with E-state index in [9.17, 15) is 13.2 Å². The summed E-state index contributed by atoms with van der Waals surface area (Å²) in [4.78, 5) is 10.2. The van der Waals surface area contributed by atoms with Crippen LogP contribution in [0.2, 0.25) is 0 Å². The van der Waals surface area contributed by atoms with Crippen LogP contribution in [-0.2, 0) is 6.18 Å². The van der Waals surface area contributed by atoms with Crippen LogP contribution in [-0.4, -0.2) is 27.4 Å². The van der Waals surface area contributed by atoms with Crippen LogP contribution in [0.3, 0.4) is 0 Å². The van der Waals surface area contributed by atoms with Gasteiger partial charge >= 0.3 is 6.18 Å². The first-order valence-corrected chi connectivity index (χ1v) is 8.16. The number of aryl methyl sites for hydroxylation is 1. The van der Waals surface area contributed by atoms with Crippen LogP contribution in [0.1, 0.15) is 35.3 Å². The number of rotatable bonds is 2. The third-order valence-electron chi connectivity index (χ3n) is 3.37. The lowest BCUT2D eigenvalue weighted by Gasteiger charge is -2.31. The number of aromatic nitrogens is 3. The maximum absolute atomic E-state index is 12.6. The van der Waals surface area contributed by atoms with Gasteiger partial charge in [-0.15, -0.1) is 11.3 Å². The van der Waals surface area contributed by atoms with E-state index in [2.05, 4.69) is 19.2 Å². The standard InChI is InChI=1S/C12H13F3N4S2/c1-7-16-11(21-18-7)19-4-2-3-8(5-19)10-17-9(6-20-10)12(13,14)15/h6,8H,2-5H2,1H3. The van der Waals surface area contributed by atoms with Crippen molar-refractivity contribution in [3.05, 3.63) is 21.9 Å². The van der Waals surface area contributed by atoms with Gasteiger partial charge in [-0.1, -0.05) is 0 Å². The van der Waals surface area contributed by atoms with E-state index < -0.39 is 11.9 Å². The van der Waals surface area contributed by atoms with Crippen molar-refractivity contribution >= 4 is 28.0 Å². The topological polar surface area (TPSA) is 41.9 Å². The van der Waals surface area contributed by atoms with Crippen molar-refractivity contribution in [3.63, 3.8) is 0 Å². The Morgan fingerprint density at radius 1 is 1.33 bits per heavy atom. The molecule has 0 amide bonds. The van der Waals surface area contributed by atoms with Gasteiger partial charge in [0.15, 0.2) is 5.69 Å². The molecule has 1 fully saturated rings. The Hall–Kier alpha value is -1.22. The van der Waals surface area contributed by atoms with Crippen molar-refractivity contribution in [2.24, 2.45) is 0 Å². The lowest BCUT2D eigenvalue weighted by atomic mass is 9.99. The second kappa shape index (κ2) is 5.53. The Balaban J connectivity index is 1.75. The third-order valence-corrected chi connectivity index (χ3v) is 5.25. The zero-order chi connectivity index (χ0) is 15.0. The molecule has 1 aliphatic rings. The molecule has 2 aromatic heterocycles. The summed E-state index contributed by atoms with van der Waals surface area (Å²) in [6, 6.07) is 0. The molecule has 21 heavy (non-hydrogen) atoms. The molecule has 3 heterocycles. The summed E-state index contributed by atoms with van der Waals surface area (Å²) >= 11 is 2.43. The van der Waals surface area contributed by atoms with Gasteiger partial charge in [0.2, 0.25) is 5.13 Å². The molecule has 9 heteroatoms. The van der Waals surface area contributed by atoms with E-state index in [1.54, 1.807) is 0 Å². The van der Waals surface area contributed by atoms with Crippen LogP contribution in [0.4, 0.5) is 18.3 Å². The maximum atomic E-state index is 12.6. The number of halogens is 3. The molecule has 0 radical (unpaired) electrons. The molecule has 1 unspecified atom stereocenters. The summed E-state index contributed by atoms with van der Waals surface area (Å²) in [6.07, 6.45) is -2.58. The van der Waals surface area contributed by atoms with Gasteiger partial charge in [-0.05, 0) is 19.8 Å². The molecule has 0 aliphatic carbocycles. The van der Waals surface area contributed by atoms with E-state index in [0.29, 0.717) is 11.6 Å². The summed E-state index contributed by atoms with van der Waals surface area (Å²) in [5.74, 6) is 0.759. The first-order valence-electron chi connectivity index (χ1n) is 6.51. The van der Waals surface area contributed by atoms with Crippen LogP contribution >= 0.6 is 22.9 Å². The fourth-order valence-electron chi connectivity index (χ4n) is 2.37. The molecule has 3 rings (SSSR count). The summed E-state index contributed by atoms with van der Waals surface area (Å²) in [5.41, 5.74) is -0.786. The summed E-state index contributed by atoms with van der Waals surface area (Å²) in [6.45, 7) is 3.35. The molecule has 0 aromatic carbocycles. The van der Waals surface area contributed by atoms with Crippen molar-refractivity contribution in [1.82, 2.24) is 14.3 Å². The van der Waals surface area contributed by atoms with Crippen LogP contribution in [0.15, 0.2) is 5.38 Å². The van der Waals surface area contributed by atoms with Crippen molar-refractivity contribution in [1.29, 1.82) is 0 Å². The quantitative estimate of drug-likeness (QED) is 0.840. The Kier molecular flexibility index (Phi) is 3.87. The Morgan fingerprint density at radius 2 is 2.14 bits per heavy atom. The smallest absolute Gasteiger partial charge is 0.346 e. The van der Waals surface area contributed by atoms with E-state index in [4.69, 9.17) is 0 Å². The molecule has 0 saturated carbocycles. The summed E-state index contributed by atoms with van der Waals surface area (Å²) in [7, 11) is 0. The largest absolute Gasteiger partial charge is 0.434 e. The van der Waals surface area contributed by atoms with Gasteiger partial charge in [-0.3, -0.25) is 0 Å². The monoisotopic (exact) mass is 334 g/mol. The molecule has 0 N–H and O–H groups in total. The van der Waals surface area contributed by atoms with Gasteiger partial charge in [0.25, 0.3) is 0 Å². The molecular formula is C12H13F3N4S2. The molecule has 1 aliphatic heterocycles. The van der Waals surface area contributed by atoms with E-state index >= 15 is 0 Å². The number of hydrogen-bond donors (Lipinski definition) is 0. The van der Waals surface area contributed by atoms with Crippen LogP contribution < -0.4 is 4.90 Å². The van der Waals surface area contributed by atoms with Crippen LogP contribution in [0, 0.1) is 6.92 Å². The van der Waals surface area contributed by atoms with Crippen LogP contribution in [0.5, 0.6) is 0 Å². The van der Waals surface area contributed by atoms with Gasteiger partial charge in [-0.2, -0.15) is 17.5 Å². The predicted molar refractivity (Wildman–Crippen MR) is 76.0 cm³/mol. The summed E-state index contributed by atoms with van der Waals surface area (Å²) in [5, 5.41) is 2.50. The average molecular weight is 334 g/mol. The highest BCUT2D eigenvalue weighted by Crippen LogP contribution is 2.36. The lowest BCUT2D eigenvalue weighted by Crippen LogP contribution is -2.34. The second-order valence-corrected chi connectivity index (χ2v) is 6.60. The number of piperidine rings is 1. The van der Waals surface area contributed by atoms with Crippen molar-refractivity contribution in [3.8, 4) is 0 Å². The van der Waals surface area contributed by atoms with Gasteiger partial charge in [0.1, 0.15) is 5.82 Å². The SMILES string of the molecule is Cc1nsc(N2CCCC(c3nc(C(F)(F)F)cs3)C2)n1. The second-order valence-electron chi connectivity index (χ2n) is 4.98. The molecule has 4 nitrogen and oxygen atoms in total. The van der Waals surface area contributed by atoms with Gasteiger partial charge in [-0.25, -0.2) is 9.97 Å². The van der Waals surface area contributed by atoms with Crippen molar-refractivity contribution < 1.29 is 13.2 Å². The first kappa shape index (κ1) is 14.7. The highest BCUT2D eigenvalue weighted by atomic mass is 32.1. The van der Waals surface area contributed by atoms with Gasteiger partial charge in [0.05, 0.1) is 5.01 Å². The zero-order valence-corrected chi connectivity index (χ0v) is 12.9. The van der Waals surface area contributed by atoms with Gasteiger partial charge < -0.3 is 4.90 Å². The number of thiazole rings is 1. The minimum atomic E-state index is -4.36. The fourth-order valence-corrected chi connectivity index (χ4v) is 4.04. The number of anilines is 1. The minimum Gasteiger partial charge on any atom is -0.346 e. The van der Waals surface area contributed by atoms with Crippen LogP contribution in [0.25, 0.3) is 0 Å². The van der Waals surface area contributed by atoms with E-state index in [1.807, 2.05) is 6.92 Å². The molecule has 0 spiro atoms. The molecular weight excluding hydrogens is 321 g/mol. The molecule has 0 bridgehead atoms. The van der Waals surface area contributed by atoms with Crippen molar-refractivity contribution in [2.75, 3.05) is 18.0 Å². The molecule has 1 saturated heterocycles. The predicted octanol–water partition coefficient (Wildman–Crippen LogP) is 3.71. The third kappa shape index (κ3) is 3.18. The van der Waals surface area contributed by atoms with Crippen molar-refractivity contribution in [2.45, 2.75) is 31.9 Å². The number of nitrogens with zero attached hydrogens (tertiary/aromatic N) is 4. The number of alkyl halides is 3. The Bertz CT molecular complexity index is 622. The molecule has 2 aromatic rings. The Labute approximate surface area is 127 Å². The van der Waals surface area contributed by atoms with E-state index in [-0.39, 0.29) is 5.92 Å². The molecule has 1 atom stereocenters. The normalized spacial score (nSPS) is 20.0. The highest BCUT2D eigenvalue weighted by molar-refractivity contribution is 7.10. The first-order chi connectivity index (χ1) is 9.93. The molecule has 114 valence electrons. The average Bonchev–Trinajstić information content (AvgIpc) is 3.07. The fraction of sp³-hybridized carbons (Fsp3) is 0.583. The van der Waals surface area contributed by atoms with E-state index in [1.165, 1.54) is 11.5 Å². The lowest BCUT2D eigenvalue weighted by molar-refractivity contribution is -0.140. The zero-order valence-electron chi connectivity index (χ0n) is 11.2. The summed E-state index contributed by atoms with van der Waals surface area (Å²) < 4.78 is 42.0. The van der Waals surface area contributed by atoms with Gasteiger partial charge in [0, 0.05) is 35.9 Å².